The minimum Gasteiger partial charge on any atom is -0.431 e. The Kier molecular flexibility index (Phi) is 4.25. The lowest BCUT2D eigenvalue weighted by atomic mass is 10.2. The number of oxazole rings is 1. The van der Waals surface area contributed by atoms with E-state index in [1.54, 1.807) is 6.20 Å². The number of hydrogen-bond donors (Lipinski definition) is 1. The molecule has 1 fully saturated rings. The van der Waals surface area contributed by atoms with E-state index in [1.165, 1.54) is 24.6 Å². The van der Waals surface area contributed by atoms with E-state index in [9.17, 15) is 4.79 Å². The number of carbonyl (C=O) groups excluding carboxylic acids is 1. The summed E-state index contributed by atoms with van der Waals surface area (Å²) in [6.07, 6.45) is 6.45. The van der Waals surface area contributed by atoms with E-state index in [0.717, 1.165) is 29.8 Å². The van der Waals surface area contributed by atoms with Crippen molar-refractivity contribution in [2.75, 3.05) is 11.1 Å². The number of thioether (sulfide) groups is 1. The number of hydrogen-bond acceptors (Lipinski definition) is 5. The van der Waals surface area contributed by atoms with Gasteiger partial charge in [-0.15, -0.1) is 0 Å². The van der Waals surface area contributed by atoms with Crippen LogP contribution in [0, 0.1) is 0 Å². The van der Waals surface area contributed by atoms with Crippen molar-refractivity contribution < 1.29 is 9.21 Å². The number of nitrogens with zero attached hydrogens (tertiary/aromatic N) is 3. The highest BCUT2D eigenvalue weighted by molar-refractivity contribution is 7.99. The Morgan fingerprint density at radius 3 is 2.96 bits per heavy atom. The van der Waals surface area contributed by atoms with Crippen molar-refractivity contribution in [2.24, 2.45) is 0 Å². The van der Waals surface area contributed by atoms with E-state index in [2.05, 4.69) is 15.4 Å². The minimum absolute atomic E-state index is 0.0815. The Balaban J connectivity index is 1.37. The van der Waals surface area contributed by atoms with Crippen LogP contribution in [0.25, 0.3) is 11.1 Å². The van der Waals surface area contributed by atoms with Gasteiger partial charge in [0.05, 0.1) is 18.0 Å². The van der Waals surface area contributed by atoms with Crippen LogP contribution in [-0.2, 0) is 4.79 Å². The molecule has 1 saturated carbocycles. The zero-order valence-electron chi connectivity index (χ0n) is 13.1. The fraction of sp³-hybridized carbons (Fsp3) is 0.353. The predicted octanol–water partition coefficient (Wildman–Crippen LogP) is 3.87. The molecule has 1 N–H and O–H groups in total. The molecule has 1 aliphatic rings. The smallest absolute Gasteiger partial charge is 0.257 e. The number of amides is 1. The Hall–Kier alpha value is -2.28. The fourth-order valence-electron chi connectivity index (χ4n) is 3.07. The van der Waals surface area contributed by atoms with Crippen molar-refractivity contribution >= 4 is 34.6 Å². The van der Waals surface area contributed by atoms with Crippen LogP contribution in [0.3, 0.4) is 0 Å². The molecule has 6 nitrogen and oxygen atoms in total. The van der Waals surface area contributed by atoms with E-state index in [0.29, 0.717) is 11.3 Å². The van der Waals surface area contributed by atoms with E-state index < -0.39 is 0 Å². The molecule has 2 aromatic heterocycles. The van der Waals surface area contributed by atoms with Gasteiger partial charge in [-0.25, -0.2) is 9.67 Å². The van der Waals surface area contributed by atoms with Gasteiger partial charge < -0.3 is 9.73 Å². The summed E-state index contributed by atoms with van der Waals surface area (Å²) >= 11 is 1.29. The van der Waals surface area contributed by atoms with Crippen LogP contribution in [0.2, 0.25) is 0 Å². The number of para-hydroxylation sites is 2. The van der Waals surface area contributed by atoms with Crippen LogP contribution in [-0.4, -0.2) is 26.4 Å². The van der Waals surface area contributed by atoms with Crippen molar-refractivity contribution in [3.05, 3.63) is 36.5 Å². The van der Waals surface area contributed by atoms with E-state index in [1.807, 2.05) is 35.0 Å². The summed E-state index contributed by atoms with van der Waals surface area (Å²) in [7, 11) is 0. The molecular weight excluding hydrogens is 324 g/mol. The maximum Gasteiger partial charge on any atom is 0.257 e. The van der Waals surface area contributed by atoms with Gasteiger partial charge in [0.25, 0.3) is 5.22 Å². The first kappa shape index (κ1) is 15.3. The van der Waals surface area contributed by atoms with Crippen LogP contribution in [0.15, 0.2) is 46.2 Å². The molecule has 24 heavy (non-hydrogen) atoms. The van der Waals surface area contributed by atoms with Crippen molar-refractivity contribution in [1.82, 2.24) is 14.8 Å². The SMILES string of the molecule is O=C(CSc1nc2ccccc2o1)Nc1ccnn1C1CCCC1. The number of rotatable bonds is 5. The van der Waals surface area contributed by atoms with Gasteiger partial charge in [0.15, 0.2) is 5.58 Å². The molecule has 0 radical (unpaired) electrons. The summed E-state index contributed by atoms with van der Waals surface area (Å²) in [5.41, 5.74) is 1.54. The standard InChI is InChI=1S/C17H18N4O2S/c22-16(11-24-17-19-13-7-3-4-8-14(13)23-17)20-15-9-10-18-21(15)12-5-1-2-6-12/h3-4,7-10,12H,1-2,5-6,11H2,(H,20,22). The van der Waals surface area contributed by atoms with Gasteiger partial charge >= 0.3 is 0 Å². The third kappa shape index (κ3) is 3.17. The molecule has 0 spiro atoms. The third-order valence-electron chi connectivity index (χ3n) is 4.21. The summed E-state index contributed by atoms with van der Waals surface area (Å²) in [4.78, 5) is 16.6. The lowest BCUT2D eigenvalue weighted by molar-refractivity contribution is -0.113. The van der Waals surface area contributed by atoms with Gasteiger partial charge in [-0.05, 0) is 25.0 Å². The molecule has 0 aliphatic heterocycles. The molecular formula is C17H18N4O2S. The summed E-state index contributed by atoms with van der Waals surface area (Å²) in [6, 6.07) is 9.82. The van der Waals surface area contributed by atoms with Gasteiger partial charge in [0.2, 0.25) is 5.91 Å². The molecule has 0 saturated heterocycles. The highest BCUT2D eigenvalue weighted by Crippen LogP contribution is 2.31. The molecule has 1 aromatic carbocycles. The second kappa shape index (κ2) is 6.68. The fourth-order valence-corrected chi connectivity index (χ4v) is 3.71. The monoisotopic (exact) mass is 342 g/mol. The van der Waals surface area contributed by atoms with Crippen LogP contribution in [0.4, 0.5) is 5.82 Å². The minimum atomic E-state index is -0.0815. The summed E-state index contributed by atoms with van der Waals surface area (Å²) in [6.45, 7) is 0. The first-order chi connectivity index (χ1) is 11.8. The van der Waals surface area contributed by atoms with E-state index >= 15 is 0 Å². The van der Waals surface area contributed by atoms with Gasteiger partial charge in [0.1, 0.15) is 11.3 Å². The Bertz CT molecular complexity index is 818. The molecule has 0 atom stereocenters. The third-order valence-corrected chi connectivity index (χ3v) is 5.04. The molecule has 2 heterocycles. The van der Waals surface area contributed by atoms with Gasteiger partial charge in [0, 0.05) is 6.07 Å². The lowest BCUT2D eigenvalue weighted by Gasteiger charge is -2.14. The maximum atomic E-state index is 12.2. The first-order valence-corrected chi connectivity index (χ1v) is 9.10. The first-order valence-electron chi connectivity index (χ1n) is 8.11. The summed E-state index contributed by atoms with van der Waals surface area (Å²) in [5.74, 6) is 0.940. The van der Waals surface area contributed by atoms with Gasteiger partial charge in [-0.3, -0.25) is 4.79 Å². The van der Waals surface area contributed by atoms with E-state index in [-0.39, 0.29) is 11.7 Å². The Morgan fingerprint density at radius 2 is 2.12 bits per heavy atom. The summed E-state index contributed by atoms with van der Waals surface area (Å²) in [5, 5.41) is 7.82. The molecule has 1 aliphatic carbocycles. The number of benzene rings is 1. The van der Waals surface area contributed by atoms with Crippen molar-refractivity contribution in [3.63, 3.8) is 0 Å². The quantitative estimate of drug-likeness (QED) is 0.713. The van der Waals surface area contributed by atoms with Crippen LogP contribution in [0.5, 0.6) is 0 Å². The second-order valence-corrected chi connectivity index (χ2v) is 6.81. The maximum absolute atomic E-state index is 12.2. The largest absolute Gasteiger partial charge is 0.431 e. The number of carbonyl (C=O) groups is 1. The molecule has 7 heteroatoms. The average molecular weight is 342 g/mol. The zero-order valence-corrected chi connectivity index (χ0v) is 14.0. The zero-order chi connectivity index (χ0) is 16.4. The van der Waals surface area contributed by atoms with E-state index in [4.69, 9.17) is 4.42 Å². The Labute approximate surface area is 143 Å². The normalized spacial score (nSPS) is 15.2. The topological polar surface area (TPSA) is 73.0 Å². The lowest BCUT2D eigenvalue weighted by Crippen LogP contribution is -2.19. The highest BCUT2D eigenvalue weighted by Gasteiger charge is 2.20. The van der Waals surface area contributed by atoms with Crippen molar-refractivity contribution in [1.29, 1.82) is 0 Å². The van der Waals surface area contributed by atoms with Crippen LogP contribution < -0.4 is 5.32 Å². The second-order valence-electron chi connectivity index (χ2n) is 5.88. The number of nitrogens with one attached hydrogen (secondary N) is 1. The Morgan fingerprint density at radius 1 is 1.29 bits per heavy atom. The molecule has 0 unspecified atom stereocenters. The predicted molar refractivity (Wildman–Crippen MR) is 93.1 cm³/mol. The molecule has 1 amide bonds. The van der Waals surface area contributed by atoms with Crippen molar-refractivity contribution in [3.8, 4) is 0 Å². The van der Waals surface area contributed by atoms with Gasteiger partial charge in [-0.1, -0.05) is 36.7 Å². The molecule has 0 bridgehead atoms. The number of fused-ring (bicyclic) bond motifs is 1. The molecule has 4 rings (SSSR count). The number of anilines is 1. The van der Waals surface area contributed by atoms with Gasteiger partial charge in [-0.2, -0.15) is 5.10 Å². The van der Waals surface area contributed by atoms with Crippen molar-refractivity contribution in [2.45, 2.75) is 36.9 Å². The molecule has 3 aromatic rings. The molecule has 124 valence electrons. The highest BCUT2D eigenvalue weighted by atomic mass is 32.2. The van der Waals surface area contributed by atoms with Crippen LogP contribution in [0.1, 0.15) is 31.7 Å². The summed E-state index contributed by atoms with van der Waals surface area (Å²) < 4.78 is 7.55. The average Bonchev–Trinajstić information content (AvgIpc) is 3.32. The number of aromatic nitrogens is 3. The van der Waals surface area contributed by atoms with Crippen LogP contribution >= 0.6 is 11.8 Å².